The smallest absolute Gasteiger partial charge is 0.261 e. The summed E-state index contributed by atoms with van der Waals surface area (Å²) in [4.78, 5) is 0.118. The summed E-state index contributed by atoms with van der Waals surface area (Å²) >= 11 is 0. The lowest BCUT2D eigenvalue weighted by Gasteiger charge is -2.09. The van der Waals surface area contributed by atoms with Crippen LogP contribution in [0.2, 0.25) is 0 Å². The number of nitrogens with one attached hydrogen (secondary N) is 1. The molecule has 2 N–H and O–H groups in total. The third kappa shape index (κ3) is 3.51. The van der Waals surface area contributed by atoms with Gasteiger partial charge in [-0.2, -0.15) is 0 Å². The highest BCUT2D eigenvalue weighted by Gasteiger charge is 2.13. The lowest BCUT2D eigenvalue weighted by molar-refractivity contribution is 0.475. The Kier molecular flexibility index (Phi) is 4.29. The minimum Gasteiger partial charge on any atom is -0.508 e. The van der Waals surface area contributed by atoms with Gasteiger partial charge in [-0.1, -0.05) is 25.5 Å². The summed E-state index contributed by atoms with van der Waals surface area (Å²) in [6, 6.07) is 12.8. The van der Waals surface area contributed by atoms with E-state index in [-0.39, 0.29) is 10.6 Å². The number of anilines is 1. The van der Waals surface area contributed by atoms with Gasteiger partial charge in [-0.25, -0.2) is 8.42 Å². The van der Waals surface area contributed by atoms with Gasteiger partial charge in [0.2, 0.25) is 0 Å². The fourth-order valence-corrected chi connectivity index (χ4v) is 2.93. The van der Waals surface area contributed by atoms with Gasteiger partial charge in [0.1, 0.15) is 5.75 Å². The van der Waals surface area contributed by atoms with E-state index in [9.17, 15) is 13.5 Å². The van der Waals surface area contributed by atoms with Crippen molar-refractivity contribution in [2.75, 3.05) is 4.72 Å². The van der Waals surface area contributed by atoms with Crippen LogP contribution < -0.4 is 4.72 Å². The van der Waals surface area contributed by atoms with E-state index in [1.54, 1.807) is 12.1 Å². The van der Waals surface area contributed by atoms with E-state index in [1.165, 1.54) is 29.8 Å². The summed E-state index contributed by atoms with van der Waals surface area (Å²) in [6.07, 6.45) is 2.03. The van der Waals surface area contributed by atoms with Crippen LogP contribution in [-0.4, -0.2) is 13.5 Å². The topological polar surface area (TPSA) is 66.4 Å². The van der Waals surface area contributed by atoms with Crippen LogP contribution in [0, 0.1) is 0 Å². The molecule has 106 valence electrons. The van der Waals surface area contributed by atoms with Crippen LogP contribution in [0.15, 0.2) is 53.4 Å². The maximum Gasteiger partial charge on any atom is 0.261 e. The zero-order valence-corrected chi connectivity index (χ0v) is 12.0. The predicted octanol–water partition coefficient (Wildman–Crippen LogP) is 3.15. The fourth-order valence-electron chi connectivity index (χ4n) is 1.87. The Balaban J connectivity index is 2.17. The van der Waals surface area contributed by atoms with Crippen LogP contribution >= 0.6 is 0 Å². The molecule has 0 heterocycles. The van der Waals surface area contributed by atoms with Gasteiger partial charge in [0.25, 0.3) is 10.0 Å². The highest BCUT2D eigenvalue weighted by molar-refractivity contribution is 7.92. The lowest BCUT2D eigenvalue weighted by Crippen LogP contribution is -2.12. The third-order valence-electron chi connectivity index (χ3n) is 2.89. The first-order chi connectivity index (χ1) is 9.51. The van der Waals surface area contributed by atoms with Gasteiger partial charge in [0.05, 0.1) is 4.90 Å². The second kappa shape index (κ2) is 5.96. The van der Waals surface area contributed by atoms with Gasteiger partial charge in [-0.15, -0.1) is 0 Å². The normalized spacial score (nSPS) is 11.2. The maximum atomic E-state index is 12.1. The molecule has 0 saturated carbocycles. The Morgan fingerprint density at radius 3 is 2.15 bits per heavy atom. The van der Waals surface area contributed by atoms with Gasteiger partial charge in [-0.05, 0) is 48.4 Å². The minimum atomic E-state index is -3.62. The van der Waals surface area contributed by atoms with Gasteiger partial charge >= 0.3 is 0 Å². The molecular weight excluding hydrogens is 274 g/mol. The minimum absolute atomic E-state index is 0.0351. The largest absolute Gasteiger partial charge is 0.508 e. The average molecular weight is 291 g/mol. The van der Waals surface area contributed by atoms with E-state index in [4.69, 9.17) is 0 Å². The van der Waals surface area contributed by atoms with E-state index in [1.807, 2.05) is 12.1 Å². The molecule has 0 bridgehead atoms. The Hall–Kier alpha value is -2.01. The molecule has 0 aliphatic rings. The molecule has 0 spiro atoms. The summed E-state index contributed by atoms with van der Waals surface area (Å²) in [5.41, 5.74) is 1.71. The van der Waals surface area contributed by atoms with E-state index in [2.05, 4.69) is 11.6 Å². The van der Waals surface area contributed by atoms with Crippen LogP contribution in [0.4, 0.5) is 5.69 Å². The zero-order chi connectivity index (χ0) is 14.6. The molecule has 2 aromatic rings. The lowest BCUT2D eigenvalue weighted by atomic mass is 10.1. The second-order valence-electron chi connectivity index (χ2n) is 4.55. The molecule has 0 radical (unpaired) electrons. The van der Waals surface area contributed by atoms with Gasteiger partial charge in [-0.3, -0.25) is 4.72 Å². The molecule has 0 saturated heterocycles. The standard InChI is InChI=1S/C15H17NO3S/c1-2-3-12-4-6-13(7-5-12)16-20(18,19)15-10-8-14(17)9-11-15/h4-11,16-17H,2-3H2,1H3. The van der Waals surface area contributed by atoms with Crippen LogP contribution in [0.3, 0.4) is 0 Å². The molecular formula is C15H17NO3S. The number of rotatable bonds is 5. The number of aryl methyl sites for hydroxylation is 1. The molecule has 4 nitrogen and oxygen atoms in total. The van der Waals surface area contributed by atoms with Gasteiger partial charge < -0.3 is 5.11 Å². The second-order valence-corrected chi connectivity index (χ2v) is 6.23. The monoisotopic (exact) mass is 291 g/mol. The number of hydrogen-bond acceptors (Lipinski definition) is 3. The number of benzene rings is 2. The van der Waals surface area contributed by atoms with Crippen LogP contribution in [0.5, 0.6) is 5.75 Å². The average Bonchev–Trinajstić information content (AvgIpc) is 2.41. The van der Waals surface area contributed by atoms with Crippen molar-refractivity contribution in [3.05, 3.63) is 54.1 Å². The molecule has 5 heteroatoms. The predicted molar refractivity (Wildman–Crippen MR) is 79.4 cm³/mol. The summed E-state index contributed by atoms with van der Waals surface area (Å²) in [5, 5.41) is 9.18. The van der Waals surface area contributed by atoms with Crippen molar-refractivity contribution >= 4 is 15.7 Å². The zero-order valence-electron chi connectivity index (χ0n) is 11.2. The summed E-state index contributed by atoms with van der Waals surface area (Å²) in [7, 11) is -3.62. The van der Waals surface area contributed by atoms with E-state index in [0.29, 0.717) is 5.69 Å². The van der Waals surface area contributed by atoms with Crippen molar-refractivity contribution < 1.29 is 13.5 Å². The third-order valence-corrected chi connectivity index (χ3v) is 4.29. The number of aromatic hydroxyl groups is 1. The molecule has 2 rings (SSSR count). The Bertz CT molecular complexity index is 661. The van der Waals surface area contributed by atoms with Gasteiger partial charge in [0.15, 0.2) is 0 Å². The van der Waals surface area contributed by atoms with Crippen molar-refractivity contribution in [1.82, 2.24) is 0 Å². The molecule has 0 aliphatic heterocycles. The van der Waals surface area contributed by atoms with Crippen molar-refractivity contribution in [3.8, 4) is 5.75 Å². The molecule has 0 atom stereocenters. The van der Waals surface area contributed by atoms with Crippen molar-refractivity contribution in [2.45, 2.75) is 24.7 Å². The molecule has 0 amide bonds. The molecule has 2 aromatic carbocycles. The van der Waals surface area contributed by atoms with Crippen LogP contribution in [0.25, 0.3) is 0 Å². The summed E-state index contributed by atoms with van der Waals surface area (Å²) in [5.74, 6) is 0.0351. The first-order valence-electron chi connectivity index (χ1n) is 6.42. The number of phenolic OH excluding ortho intramolecular Hbond substituents is 1. The van der Waals surface area contributed by atoms with Crippen LogP contribution in [-0.2, 0) is 16.4 Å². The summed E-state index contributed by atoms with van der Waals surface area (Å²) in [6.45, 7) is 2.10. The maximum absolute atomic E-state index is 12.1. The number of phenols is 1. The van der Waals surface area contributed by atoms with E-state index < -0.39 is 10.0 Å². The van der Waals surface area contributed by atoms with E-state index >= 15 is 0 Å². The first-order valence-corrected chi connectivity index (χ1v) is 7.90. The van der Waals surface area contributed by atoms with Crippen LogP contribution in [0.1, 0.15) is 18.9 Å². The molecule has 0 unspecified atom stereocenters. The quantitative estimate of drug-likeness (QED) is 0.889. The summed E-state index contributed by atoms with van der Waals surface area (Å²) < 4.78 is 26.8. The Morgan fingerprint density at radius 1 is 1.00 bits per heavy atom. The number of sulfonamides is 1. The highest BCUT2D eigenvalue weighted by Crippen LogP contribution is 2.19. The van der Waals surface area contributed by atoms with Gasteiger partial charge in [0, 0.05) is 5.69 Å². The number of hydrogen-bond donors (Lipinski definition) is 2. The molecule has 0 aliphatic carbocycles. The highest BCUT2D eigenvalue weighted by atomic mass is 32.2. The Morgan fingerprint density at radius 2 is 1.60 bits per heavy atom. The fraction of sp³-hybridized carbons (Fsp3) is 0.200. The first kappa shape index (κ1) is 14.4. The van der Waals surface area contributed by atoms with Crippen molar-refractivity contribution in [3.63, 3.8) is 0 Å². The van der Waals surface area contributed by atoms with Crippen molar-refractivity contribution in [1.29, 1.82) is 0 Å². The molecule has 0 fully saturated rings. The molecule has 0 aromatic heterocycles. The van der Waals surface area contributed by atoms with Crippen molar-refractivity contribution in [2.24, 2.45) is 0 Å². The molecule has 20 heavy (non-hydrogen) atoms. The van der Waals surface area contributed by atoms with E-state index in [0.717, 1.165) is 12.8 Å². The Labute approximate surface area is 119 Å². The SMILES string of the molecule is CCCc1ccc(NS(=O)(=O)c2ccc(O)cc2)cc1.